The second-order valence-corrected chi connectivity index (χ2v) is 9.37. The van der Waals surface area contributed by atoms with Gasteiger partial charge in [0.25, 0.3) is 0 Å². The van der Waals surface area contributed by atoms with E-state index in [-0.39, 0.29) is 17.2 Å². The van der Waals surface area contributed by atoms with E-state index in [1.165, 1.54) is 5.56 Å². The second kappa shape index (κ2) is 9.44. The third-order valence-corrected chi connectivity index (χ3v) is 6.12. The first-order valence-electron chi connectivity index (χ1n) is 10.0. The lowest BCUT2D eigenvalue weighted by Crippen LogP contribution is -2.51. The largest absolute Gasteiger partial charge is 0.339 e. The Bertz CT molecular complexity index is 823. The van der Waals surface area contributed by atoms with E-state index in [0.29, 0.717) is 38.4 Å². The summed E-state index contributed by atoms with van der Waals surface area (Å²) >= 11 is 1.57. The molecule has 1 aliphatic heterocycles. The van der Waals surface area contributed by atoms with Crippen LogP contribution in [-0.4, -0.2) is 58.5 Å². The fraction of sp³-hybridized carbons (Fsp3) is 0.435. The number of aromatic nitrogens is 1. The Morgan fingerprint density at radius 3 is 2.10 bits per heavy atom. The van der Waals surface area contributed by atoms with Crippen molar-refractivity contribution < 1.29 is 9.59 Å². The van der Waals surface area contributed by atoms with Gasteiger partial charge < -0.3 is 9.80 Å². The lowest BCUT2D eigenvalue weighted by molar-refractivity contribution is -0.137. The van der Waals surface area contributed by atoms with E-state index in [1.807, 2.05) is 28.0 Å². The quantitative estimate of drug-likeness (QED) is 0.708. The van der Waals surface area contributed by atoms with Crippen LogP contribution in [0.4, 0.5) is 0 Å². The number of carbonyl (C=O) groups is 2. The highest BCUT2D eigenvalue weighted by Gasteiger charge is 2.24. The first-order valence-corrected chi connectivity index (χ1v) is 11.0. The molecule has 0 spiro atoms. The van der Waals surface area contributed by atoms with E-state index in [2.05, 4.69) is 50.0 Å². The Kier molecular flexibility index (Phi) is 6.96. The molecule has 0 unspecified atom stereocenters. The topological polar surface area (TPSA) is 53.5 Å². The van der Waals surface area contributed by atoms with Crippen molar-refractivity contribution in [2.24, 2.45) is 0 Å². The normalized spacial score (nSPS) is 14.7. The number of nitrogens with zero attached hydrogens (tertiary/aromatic N) is 3. The minimum atomic E-state index is 0.0733. The smallest absolute Gasteiger partial charge is 0.233 e. The predicted octanol–water partition coefficient (Wildman–Crippen LogP) is 3.38. The number of amides is 2. The monoisotopic (exact) mass is 411 g/mol. The highest BCUT2D eigenvalue weighted by atomic mass is 32.2. The van der Waals surface area contributed by atoms with Gasteiger partial charge in [0.05, 0.1) is 12.2 Å². The molecule has 1 aliphatic rings. The molecule has 1 aromatic heterocycles. The van der Waals surface area contributed by atoms with Gasteiger partial charge in [-0.1, -0.05) is 39.0 Å². The van der Waals surface area contributed by atoms with Gasteiger partial charge >= 0.3 is 0 Å². The van der Waals surface area contributed by atoms with Crippen molar-refractivity contribution in [1.82, 2.24) is 14.8 Å². The average molecular weight is 412 g/mol. The lowest BCUT2D eigenvalue weighted by atomic mass is 9.87. The average Bonchev–Trinajstić information content (AvgIpc) is 2.72. The molecule has 0 bridgehead atoms. The zero-order valence-corrected chi connectivity index (χ0v) is 18.2. The van der Waals surface area contributed by atoms with Crippen molar-refractivity contribution in [3.05, 3.63) is 59.9 Å². The van der Waals surface area contributed by atoms with Gasteiger partial charge in [-0.25, -0.2) is 0 Å². The van der Waals surface area contributed by atoms with Gasteiger partial charge in [0.2, 0.25) is 11.8 Å². The van der Waals surface area contributed by atoms with E-state index < -0.39 is 0 Å². The first kappa shape index (κ1) is 21.4. The molecule has 1 saturated heterocycles. The Balaban J connectivity index is 1.43. The van der Waals surface area contributed by atoms with Gasteiger partial charge in [-0.15, -0.1) is 11.8 Å². The van der Waals surface area contributed by atoms with Crippen LogP contribution in [0.2, 0.25) is 0 Å². The van der Waals surface area contributed by atoms with Crippen molar-refractivity contribution in [2.45, 2.75) is 37.5 Å². The Labute approximate surface area is 177 Å². The second-order valence-electron chi connectivity index (χ2n) is 8.32. The third kappa shape index (κ3) is 6.07. The summed E-state index contributed by atoms with van der Waals surface area (Å²) < 4.78 is 0. The highest BCUT2D eigenvalue weighted by molar-refractivity contribution is 8.00. The molecule has 3 rings (SSSR count). The molecule has 0 N–H and O–H groups in total. The van der Waals surface area contributed by atoms with Gasteiger partial charge in [-0.05, 0) is 35.2 Å². The maximum atomic E-state index is 12.6. The zero-order valence-electron chi connectivity index (χ0n) is 17.4. The zero-order chi connectivity index (χ0) is 20.9. The molecule has 5 nitrogen and oxygen atoms in total. The summed E-state index contributed by atoms with van der Waals surface area (Å²) in [5, 5.41) is 0. The molecule has 1 fully saturated rings. The van der Waals surface area contributed by atoms with Crippen LogP contribution in [0.5, 0.6) is 0 Å². The van der Waals surface area contributed by atoms with Gasteiger partial charge in [-0.2, -0.15) is 0 Å². The number of rotatable bonds is 5. The van der Waals surface area contributed by atoms with Gasteiger partial charge in [0.15, 0.2) is 0 Å². The Hall–Kier alpha value is -2.34. The number of hydrogen-bond donors (Lipinski definition) is 0. The van der Waals surface area contributed by atoms with E-state index >= 15 is 0 Å². The minimum Gasteiger partial charge on any atom is -0.339 e. The molecule has 0 aliphatic carbocycles. The molecule has 2 amide bonds. The molecule has 0 atom stereocenters. The fourth-order valence-corrected chi connectivity index (χ4v) is 4.06. The Morgan fingerprint density at radius 1 is 0.931 bits per heavy atom. The van der Waals surface area contributed by atoms with Crippen LogP contribution >= 0.6 is 11.8 Å². The fourth-order valence-electron chi connectivity index (χ4n) is 3.26. The molecule has 2 aromatic rings. The van der Waals surface area contributed by atoms with Crippen molar-refractivity contribution in [3.63, 3.8) is 0 Å². The van der Waals surface area contributed by atoms with Crippen molar-refractivity contribution >= 4 is 23.6 Å². The molecular weight excluding hydrogens is 382 g/mol. The van der Waals surface area contributed by atoms with E-state index in [0.717, 1.165) is 10.6 Å². The third-order valence-electron chi connectivity index (χ3n) is 5.13. The van der Waals surface area contributed by atoms with Gasteiger partial charge in [-0.3, -0.25) is 14.6 Å². The summed E-state index contributed by atoms with van der Waals surface area (Å²) in [6.45, 7) is 8.94. The first-order chi connectivity index (χ1) is 13.8. The number of piperazine rings is 1. The van der Waals surface area contributed by atoms with Gasteiger partial charge in [0.1, 0.15) is 0 Å². The van der Waals surface area contributed by atoms with Crippen LogP contribution in [0.15, 0.2) is 53.6 Å². The van der Waals surface area contributed by atoms with E-state index in [9.17, 15) is 9.59 Å². The summed E-state index contributed by atoms with van der Waals surface area (Å²) in [5.41, 5.74) is 2.21. The Morgan fingerprint density at radius 2 is 1.55 bits per heavy atom. The standard InChI is InChI=1S/C23H29N3O2S/c1-23(2,3)18-7-9-20(10-8-18)29-17-22(28)26-14-12-25(13-15-26)21(27)16-19-6-4-5-11-24-19/h4-11H,12-17H2,1-3H3. The summed E-state index contributed by atoms with van der Waals surface area (Å²) in [6.07, 6.45) is 2.02. The molecule has 6 heteroatoms. The van der Waals surface area contributed by atoms with Crippen molar-refractivity contribution in [1.29, 1.82) is 0 Å². The van der Waals surface area contributed by atoms with Crippen molar-refractivity contribution in [2.75, 3.05) is 31.9 Å². The van der Waals surface area contributed by atoms with Gasteiger partial charge in [0, 0.05) is 43.0 Å². The van der Waals surface area contributed by atoms with Crippen LogP contribution in [0.1, 0.15) is 32.0 Å². The molecule has 1 aromatic carbocycles. The maximum absolute atomic E-state index is 12.6. The molecule has 0 saturated carbocycles. The molecule has 154 valence electrons. The van der Waals surface area contributed by atoms with Crippen LogP contribution in [0, 0.1) is 0 Å². The molecule has 2 heterocycles. The van der Waals surface area contributed by atoms with E-state index in [4.69, 9.17) is 0 Å². The molecule has 0 radical (unpaired) electrons. The van der Waals surface area contributed by atoms with Crippen LogP contribution in [0.3, 0.4) is 0 Å². The minimum absolute atomic E-state index is 0.0733. The SMILES string of the molecule is CC(C)(C)c1ccc(SCC(=O)N2CCN(C(=O)Cc3ccccn3)CC2)cc1. The number of pyridine rings is 1. The molecular formula is C23H29N3O2S. The lowest BCUT2D eigenvalue weighted by Gasteiger charge is -2.34. The summed E-state index contributed by atoms with van der Waals surface area (Å²) in [4.78, 5) is 34.0. The number of benzene rings is 1. The number of thioether (sulfide) groups is 1. The van der Waals surface area contributed by atoms with Crippen molar-refractivity contribution in [3.8, 4) is 0 Å². The predicted molar refractivity (Wildman–Crippen MR) is 117 cm³/mol. The number of carbonyl (C=O) groups excluding carboxylic acids is 2. The summed E-state index contributed by atoms with van der Waals surface area (Å²) in [6, 6.07) is 14.1. The van der Waals surface area contributed by atoms with Crippen LogP contribution < -0.4 is 0 Å². The highest BCUT2D eigenvalue weighted by Crippen LogP contribution is 2.25. The number of hydrogen-bond acceptors (Lipinski definition) is 4. The maximum Gasteiger partial charge on any atom is 0.233 e. The molecule has 29 heavy (non-hydrogen) atoms. The van der Waals surface area contributed by atoms with Crippen LogP contribution in [0.25, 0.3) is 0 Å². The summed E-state index contributed by atoms with van der Waals surface area (Å²) in [7, 11) is 0. The summed E-state index contributed by atoms with van der Waals surface area (Å²) in [5.74, 6) is 0.632. The van der Waals surface area contributed by atoms with E-state index in [1.54, 1.807) is 18.0 Å². The van der Waals surface area contributed by atoms with Crippen LogP contribution in [-0.2, 0) is 21.4 Å².